The summed E-state index contributed by atoms with van der Waals surface area (Å²) in [6, 6.07) is 15.0. The maximum absolute atomic E-state index is 8.57. The fourth-order valence-electron chi connectivity index (χ4n) is 1.37. The highest BCUT2D eigenvalue weighted by molar-refractivity contribution is 6.36. The lowest BCUT2D eigenvalue weighted by Crippen LogP contribution is -2.56. The van der Waals surface area contributed by atoms with Gasteiger partial charge in [0, 0.05) is 10.2 Å². The van der Waals surface area contributed by atoms with Gasteiger partial charge in [0.1, 0.15) is 6.72 Å². The minimum absolute atomic E-state index is 1.14. The standard InChI is InChI=1S/C10H10Si.CH3NO/c11-10-7-6-8-4-2-1-3-5-9(8)10;1-2-3/h1-7H,11H3;2H,1H2. The minimum Gasteiger partial charge on any atom is -0.626 e. The average Bonchev–Trinajstić information content (AvgIpc) is 2.41. The van der Waals surface area contributed by atoms with Crippen LogP contribution in [-0.4, -0.2) is 17.0 Å². The van der Waals surface area contributed by atoms with Crippen molar-refractivity contribution in [3.8, 4) is 11.1 Å². The highest BCUT2D eigenvalue weighted by Crippen LogP contribution is 2.17. The number of hydrogen-bond donors (Lipinski definition) is 1. The van der Waals surface area contributed by atoms with E-state index in [-0.39, 0.29) is 0 Å². The Hall–Kier alpha value is -1.61. The Labute approximate surface area is 86.7 Å². The van der Waals surface area contributed by atoms with Gasteiger partial charge in [0.2, 0.25) is 0 Å². The third-order valence-corrected chi connectivity index (χ3v) is 2.88. The molecular formula is C11H13NOSi. The lowest BCUT2D eigenvalue weighted by molar-refractivity contribution is -0.361. The van der Waals surface area contributed by atoms with Crippen LogP contribution in [0.25, 0.3) is 11.1 Å². The van der Waals surface area contributed by atoms with Crippen LogP contribution in [0, 0.1) is 5.21 Å². The third kappa shape index (κ3) is 2.44. The fourth-order valence-corrected chi connectivity index (χ4v) is 1.99. The predicted octanol–water partition coefficient (Wildman–Crippen LogP) is -0.952. The lowest BCUT2D eigenvalue weighted by atomic mass is 10.2. The molecule has 0 bridgehead atoms. The number of hydrogen-bond acceptors (Lipinski definition) is 1. The molecule has 2 nitrogen and oxygen atoms in total. The van der Waals surface area contributed by atoms with Gasteiger partial charge < -0.3 is 5.21 Å². The zero-order chi connectivity index (χ0) is 10.4. The van der Waals surface area contributed by atoms with Crippen molar-refractivity contribution in [2.24, 2.45) is 0 Å². The highest BCUT2D eigenvalue weighted by Gasteiger charge is 2.01. The first kappa shape index (κ1) is 10.5. The molecule has 0 saturated heterocycles. The van der Waals surface area contributed by atoms with Gasteiger partial charge in [0.15, 0.2) is 0 Å². The van der Waals surface area contributed by atoms with Gasteiger partial charge in [0.25, 0.3) is 0 Å². The average molecular weight is 203 g/mol. The largest absolute Gasteiger partial charge is 0.626 e. The molecule has 0 aliphatic heterocycles. The molecule has 0 radical (unpaired) electrons. The summed E-state index contributed by atoms with van der Waals surface area (Å²) in [6.45, 7) is 2.68. The second kappa shape index (κ2) is 5.19. The zero-order valence-electron chi connectivity index (χ0n) is 8.16. The summed E-state index contributed by atoms with van der Waals surface area (Å²) < 4.78 is 0. The second-order valence-corrected chi connectivity index (χ2v) is 4.02. The first-order chi connectivity index (χ1) is 6.79. The van der Waals surface area contributed by atoms with Crippen molar-refractivity contribution in [1.82, 2.24) is 0 Å². The molecule has 0 spiro atoms. The molecule has 1 N–H and O–H groups in total. The van der Waals surface area contributed by atoms with Crippen LogP contribution in [0.4, 0.5) is 0 Å². The maximum atomic E-state index is 8.57. The van der Waals surface area contributed by atoms with Crippen LogP contribution in [0.3, 0.4) is 0 Å². The summed E-state index contributed by atoms with van der Waals surface area (Å²) in [5, 5.41) is 11.3. The van der Waals surface area contributed by atoms with Gasteiger partial charge in [-0.15, -0.1) is 0 Å². The first-order valence-electron chi connectivity index (χ1n) is 4.38. The Kier molecular flexibility index (Phi) is 3.88. The molecule has 0 saturated carbocycles. The first-order valence-corrected chi connectivity index (χ1v) is 5.38. The molecule has 0 fully saturated rings. The Morgan fingerprint density at radius 3 is 2.43 bits per heavy atom. The number of fused-ring (bicyclic) bond motifs is 1. The van der Waals surface area contributed by atoms with E-state index in [1.165, 1.54) is 21.5 Å². The van der Waals surface area contributed by atoms with E-state index in [1.807, 2.05) is 0 Å². The molecule has 0 atom stereocenters. The van der Waals surface area contributed by atoms with Gasteiger partial charge in [-0.05, 0) is 11.1 Å². The molecular weight excluding hydrogens is 190 g/mol. The number of nitrogens with one attached hydrogen (secondary N) is 1. The smallest absolute Gasteiger partial charge is 0.136 e. The van der Waals surface area contributed by atoms with E-state index < -0.39 is 0 Å². The molecule has 0 aromatic heterocycles. The third-order valence-electron chi connectivity index (χ3n) is 2.01. The van der Waals surface area contributed by atoms with Crippen molar-refractivity contribution >= 4 is 22.1 Å². The molecule has 2 rings (SSSR count). The van der Waals surface area contributed by atoms with Gasteiger partial charge in [-0.2, -0.15) is 0 Å². The Morgan fingerprint density at radius 1 is 1.07 bits per heavy atom. The molecule has 2 aliphatic rings. The summed E-state index contributed by atoms with van der Waals surface area (Å²) in [4.78, 5) is 0. The normalized spacial score (nSPS) is 9.14. The maximum Gasteiger partial charge on any atom is 0.136 e. The van der Waals surface area contributed by atoms with Crippen molar-refractivity contribution in [2.45, 2.75) is 0 Å². The van der Waals surface area contributed by atoms with E-state index in [1.54, 1.807) is 0 Å². The quantitative estimate of drug-likeness (QED) is 0.255. The number of rotatable bonds is 0. The summed E-state index contributed by atoms with van der Waals surface area (Å²) in [6.07, 6.45) is 0. The van der Waals surface area contributed by atoms with Crippen LogP contribution in [0.1, 0.15) is 0 Å². The highest BCUT2D eigenvalue weighted by atomic mass is 28.1. The molecule has 0 aromatic rings. The van der Waals surface area contributed by atoms with E-state index in [0.717, 1.165) is 10.2 Å². The van der Waals surface area contributed by atoms with Crippen molar-refractivity contribution in [3.05, 3.63) is 47.7 Å². The van der Waals surface area contributed by atoms with Crippen LogP contribution < -0.4 is 10.3 Å². The van der Waals surface area contributed by atoms with Crippen molar-refractivity contribution in [2.75, 3.05) is 0 Å². The van der Waals surface area contributed by atoms with Crippen LogP contribution in [0.2, 0.25) is 0 Å². The van der Waals surface area contributed by atoms with Gasteiger partial charge in [0.05, 0.1) is 0 Å². The van der Waals surface area contributed by atoms with Crippen LogP contribution >= 0.6 is 0 Å². The van der Waals surface area contributed by atoms with E-state index in [9.17, 15) is 0 Å². The van der Waals surface area contributed by atoms with Crippen LogP contribution in [0.5, 0.6) is 0 Å². The molecule has 0 unspecified atom stereocenters. The Bertz CT molecular complexity index is 389. The summed E-state index contributed by atoms with van der Waals surface area (Å²) >= 11 is 0. The molecule has 0 aromatic carbocycles. The van der Waals surface area contributed by atoms with Gasteiger partial charge in [-0.3, -0.25) is 0 Å². The van der Waals surface area contributed by atoms with E-state index >= 15 is 0 Å². The lowest BCUT2D eigenvalue weighted by Gasteiger charge is -1.91. The molecule has 14 heavy (non-hydrogen) atoms. The molecule has 0 amide bonds. The zero-order valence-corrected chi connectivity index (χ0v) is 10.2. The molecule has 2 aliphatic carbocycles. The fraction of sp³-hybridized carbons (Fsp3) is 0. The second-order valence-electron chi connectivity index (χ2n) is 2.94. The summed E-state index contributed by atoms with van der Waals surface area (Å²) in [5.41, 5.74) is 2.78. The van der Waals surface area contributed by atoms with Crippen molar-refractivity contribution < 1.29 is 5.16 Å². The Morgan fingerprint density at radius 2 is 1.71 bits per heavy atom. The monoisotopic (exact) mass is 203 g/mol. The minimum atomic E-state index is 1.14. The van der Waals surface area contributed by atoms with Gasteiger partial charge in [-0.1, -0.05) is 47.7 Å². The topological polar surface area (TPSA) is 37.0 Å². The Balaban J connectivity index is 0.000000293. The summed E-state index contributed by atoms with van der Waals surface area (Å²) in [5.74, 6) is 0. The van der Waals surface area contributed by atoms with Crippen LogP contribution in [0.15, 0.2) is 42.5 Å². The van der Waals surface area contributed by atoms with Gasteiger partial charge in [-0.25, -0.2) is 5.16 Å². The summed E-state index contributed by atoms with van der Waals surface area (Å²) in [7, 11) is 1.14. The predicted molar refractivity (Wildman–Crippen MR) is 64.1 cm³/mol. The van der Waals surface area contributed by atoms with Crippen molar-refractivity contribution in [1.29, 1.82) is 0 Å². The van der Waals surface area contributed by atoms with Crippen molar-refractivity contribution in [3.63, 3.8) is 0 Å². The molecule has 3 heteroatoms. The van der Waals surface area contributed by atoms with E-state index in [4.69, 9.17) is 5.21 Å². The SMILES string of the molecule is C=[NH+][O-].[SiH3]c1ccc2cccccc1-2. The van der Waals surface area contributed by atoms with E-state index in [2.05, 4.69) is 49.2 Å². The van der Waals surface area contributed by atoms with Gasteiger partial charge >= 0.3 is 0 Å². The van der Waals surface area contributed by atoms with Crippen LogP contribution in [-0.2, 0) is 0 Å². The van der Waals surface area contributed by atoms with E-state index in [0.29, 0.717) is 0 Å². The molecule has 72 valence electrons. The molecule has 0 heterocycles.